The van der Waals surface area contributed by atoms with Crippen LogP contribution in [-0.4, -0.2) is 24.9 Å². The zero-order valence-corrected chi connectivity index (χ0v) is 9.66. The molecule has 1 amide bonds. The standard InChI is InChI=1S/C9H10NO.Na/c1-10(2)9(11)8-6-4-3-5-7-8;/h3-4,6-7H,1-2H3;/q-1;+1. The molecule has 1 aromatic carbocycles. The number of hydrogen-bond acceptors (Lipinski definition) is 1. The van der Waals surface area contributed by atoms with E-state index >= 15 is 0 Å². The van der Waals surface area contributed by atoms with Gasteiger partial charge in [-0.05, 0) is 0 Å². The normalized spacial score (nSPS) is 8.50. The minimum absolute atomic E-state index is 0. The van der Waals surface area contributed by atoms with Crippen LogP contribution >= 0.6 is 0 Å². The molecule has 1 aromatic rings. The Bertz CT molecular complexity index is 246. The number of nitrogens with zero attached hydrogens (tertiary/aromatic N) is 1. The molecule has 12 heavy (non-hydrogen) atoms. The summed E-state index contributed by atoms with van der Waals surface area (Å²) in [7, 11) is 3.46. The van der Waals surface area contributed by atoms with Gasteiger partial charge in [0.2, 0.25) is 0 Å². The fraction of sp³-hybridized carbons (Fsp3) is 0.222. The zero-order valence-electron chi connectivity index (χ0n) is 7.66. The predicted octanol–water partition coefficient (Wildman–Crippen LogP) is -1.81. The minimum Gasteiger partial charge on any atom is -0.355 e. The van der Waals surface area contributed by atoms with Gasteiger partial charge < -0.3 is 4.90 Å². The van der Waals surface area contributed by atoms with Crippen LogP contribution in [0.2, 0.25) is 0 Å². The van der Waals surface area contributed by atoms with Crippen LogP contribution in [0, 0.1) is 6.07 Å². The second-order valence-corrected chi connectivity index (χ2v) is 2.49. The number of carbonyl (C=O) groups excluding carboxylic acids is 1. The van der Waals surface area contributed by atoms with Crippen LogP contribution < -0.4 is 29.6 Å². The molecule has 3 heteroatoms. The first-order chi connectivity index (χ1) is 5.22. The third kappa shape index (κ3) is 2.97. The van der Waals surface area contributed by atoms with Crippen LogP contribution in [0.25, 0.3) is 0 Å². The Hall–Kier alpha value is -0.310. The maximum atomic E-state index is 11.3. The van der Waals surface area contributed by atoms with Gasteiger partial charge in [-0.1, -0.05) is 5.56 Å². The second-order valence-electron chi connectivity index (χ2n) is 2.49. The summed E-state index contributed by atoms with van der Waals surface area (Å²) in [5.41, 5.74) is 0.678. The molecule has 0 aliphatic rings. The Kier molecular flexibility index (Phi) is 5.22. The molecule has 1 rings (SSSR count). The summed E-state index contributed by atoms with van der Waals surface area (Å²) in [6.45, 7) is 0. The van der Waals surface area contributed by atoms with Crippen molar-refractivity contribution in [1.29, 1.82) is 0 Å². The molecule has 0 fully saturated rings. The van der Waals surface area contributed by atoms with Gasteiger partial charge in [0, 0.05) is 14.1 Å². The Morgan fingerprint density at radius 3 is 2.58 bits per heavy atom. The molecule has 0 aliphatic heterocycles. The van der Waals surface area contributed by atoms with Gasteiger partial charge in [0.05, 0.1) is 0 Å². The van der Waals surface area contributed by atoms with Crippen LogP contribution in [0.4, 0.5) is 0 Å². The summed E-state index contributed by atoms with van der Waals surface area (Å²) in [6.07, 6.45) is 0. The Morgan fingerprint density at radius 2 is 2.17 bits per heavy atom. The summed E-state index contributed by atoms with van der Waals surface area (Å²) in [5, 5.41) is 0. The Labute approximate surface area is 94.9 Å². The molecule has 58 valence electrons. The third-order valence-corrected chi connectivity index (χ3v) is 1.36. The van der Waals surface area contributed by atoms with Crippen molar-refractivity contribution in [2.75, 3.05) is 14.1 Å². The second kappa shape index (κ2) is 5.36. The topological polar surface area (TPSA) is 20.3 Å². The summed E-state index contributed by atoms with van der Waals surface area (Å²) in [5.74, 6) is 0.0156. The number of carbonyl (C=O) groups is 1. The van der Waals surface area contributed by atoms with Crippen molar-refractivity contribution >= 4 is 5.91 Å². The van der Waals surface area contributed by atoms with Crippen molar-refractivity contribution in [3.8, 4) is 0 Å². The quantitative estimate of drug-likeness (QED) is 0.360. The van der Waals surface area contributed by atoms with E-state index in [0.717, 1.165) is 0 Å². The Balaban J connectivity index is 0.00000121. The SMILES string of the molecule is CN(C)C(=O)c1c[c-]ccc1.[Na+]. The van der Waals surface area contributed by atoms with E-state index in [-0.39, 0.29) is 35.5 Å². The van der Waals surface area contributed by atoms with Crippen molar-refractivity contribution in [2.24, 2.45) is 0 Å². The first-order valence-electron chi connectivity index (χ1n) is 3.39. The molecule has 0 spiro atoms. The first-order valence-corrected chi connectivity index (χ1v) is 3.39. The van der Waals surface area contributed by atoms with Crippen molar-refractivity contribution in [3.05, 3.63) is 35.9 Å². The summed E-state index contributed by atoms with van der Waals surface area (Å²) in [4.78, 5) is 12.8. The first kappa shape index (κ1) is 11.7. The number of rotatable bonds is 1. The summed E-state index contributed by atoms with van der Waals surface area (Å²) < 4.78 is 0. The van der Waals surface area contributed by atoms with Crippen molar-refractivity contribution in [2.45, 2.75) is 0 Å². The third-order valence-electron chi connectivity index (χ3n) is 1.36. The maximum Gasteiger partial charge on any atom is 1.00 e. The van der Waals surface area contributed by atoms with Crippen molar-refractivity contribution in [3.63, 3.8) is 0 Å². The number of hydrogen-bond donors (Lipinski definition) is 0. The fourth-order valence-electron chi connectivity index (χ4n) is 0.785. The molecule has 0 aromatic heterocycles. The minimum atomic E-state index is 0. The van der Waals surface area contributed by atoms with E-state index in [1.807, 2.05) is 0 Å². The molecule has 0 bridgehead atoms. The smallest absolute Gasteiger partial charge is 0.355 e. The number of benzene rings is 1. The van der Waals surface area contributed by atoms with E-state index in [9.17, 15) is 4.79 Å². The van der Waals surface area contributed by atoms with Crippen LogP contribution in [0.15, 0.2) is 24.3 Å². The van der Waals surface area contributed by atoms with E-state index in [1.54, 1.807) is 43.3 Å². The summed E-state index contributed by atoms with van der Waals surface area (Å²) in [6, 6.07) is 9.88. The molecule has 0 atom stereocenters. The average Bonchev–Trinajstić information content (AvgIpc) is 2.05. The monoisotopic (exact) mass is 171 g/mol. The molecular formula is C9H10NNaO. The van der Waals surface area contributed by atoms with E-state index in [0.29, 0.717) is 5.56 Å². The molecule has 0 saturated carbocycles. The van der Waals surface area contributed by atoms with Gasteiger partial charge in [-0.2, -0.15) is 30.3 Å². The van der Waals surface area contributed by atoms with Gasteiger partial charge in [0.1, 0.15) is 0 Å². The van der Waals surface area contributed by atoms with Crippen molar-refractivity contribution < 1.29 is 34.4 Å². The number of amides is 1. The molecule has 0 aliphatic carbocycles. The van der Waals surface area contributed by atoms with Crippen LogP contribution in [0.1, 0.15) is 10.4 Å². The van der Waals surface area contributed by atoms with Gasteiger partial charge in [0.15, 0.2) is 5.91 Å². The molecule has 0 saturated heterocycles. The molecule has 0 N–H and O–H groups in total. The predicted molar refractivity (Wildman–Crippen MR) is 43.3 cm³/mol. The van der Waals surface area contributed by atoms with Gasteiger partial charge in [-0.15, -0.1) is 0 Å². The maximum absolute atomic E-state index is 11.3. The molecule has 2 nitrogen and oxygen atoms in total. The molecule has 0 radical (unpaired) electrons. The van der Waals surface area contributed by atoms with E-state index in [4.69, 9.17) is 0 Å². The van der Waals surface area contributed by atoms with E-state index < -0.39 is 0 Å². The van der Waals surface area contributed by atoms with Crippen LogP contribution in [-0.2, 0) is 0 Å². The zero-order chi connectivity index (χ0) is 8.27. The molecular weight excluding hydrogens is 161 g/mol. The Morgan fingerprint density at radius 1 is 1.50 bits per heavy atom. The molecule has 0 unspecified atom stereocenters. The van der Waals surface area contributed by atoms with Crippen molar-refractivity contribution in [1.82, 2.24) is 4.90 Å². The van der Waals surface area contributed by atoms with Crippen LogP contribution in [0.5, 0.6) is 0 Å². The fourth-order valence-corrected chi connectivity index (χ4v) is 0.785. The van der Waals surface area contributed by atoms with Gasteiger partial charge in [-0.25, -0.2) is 0 Å². The van der Waals surface area contributed by atoms with Gasteiger partial charge in [0.25, 0.3) is 0 Å². The van der Waals surface area contributed by atoms with Gasteiger partial charge >= 0.3 is 29.6 Å². The molecule has 0 heterocycles. The average molecular weight is 171 g/mol. The largest absolute Gasteiger partial charge is 1.00 e. The summed E-state index contributed by atoms with van der Waals surface area (Å²) >= 11 is 0. The van der Waals surface area contributed by atoms with E-state index in [2.05, 4.69) is 6.07 Å². The van der Waals surface area contributed by atoms with E-state index in [1.165, 1.54) is 0 Å². The van der Waals surface area contributed by atoms with Gasteiger partial charge in [-0.3, -0.25) is 4.79 Å². The van der Waals surface area contributed by atoms with Crippen LogP contribution in [0.3, 0.4) is 0 Å².